The SMILES string of the molecule is Cc1ccc(/C(Br)=C/c2cccnc2Br)s1. The van der Waals surface area contributed by atoms with E-state index >= 15 is 0 Å². The summed E-state index contributed by atoms with van der Waals surface area (Å²) in [4.78, 5) is 6.73. The molecule has 1 nitrogen and oxygen atoms in total. The van der Waals surface area contributed by atoms with Gasteiger partial charge in [0.05, 0.1) is 0 Å². The second kappa shape index (κ2) is 5.25. The predicted octanol–water partition coefficient (Wildman–Crippen LogP) is 5.11. The van der Waals surface area contributed by atoms with Crippen LogP contribution in [0.4, 0.5) is 0 Å². The minimum Gasteiger partial charge on any atom is -0.249 e. The molecule has 82 valence electrons. The third kappa shape index (κ3) is 2.81. The molecule has 2 aromatic rings. The Balaban J connectivity index is 2.35. The van der Waals surface area contributed by atoms with Crippen LogP contribution in [0.5, 0.6) is 0 Å². The second-order valence-electron chi connectivity index (χ2n) is 3.29. The van der Waals surface area contributed by atoms with Crippen LogP contribution in [0, 0.1) is 6.92 Å². The Bertz CT molecular complexity index is 531. The third-order valence-electron chi connectivity index (χ3n) is 2.05. The Hall–Kier alpha value is -0.450. The molecule has 0 unspecified atom stereocenters. The normalized spacial score (nSPS) is 11.8. The van der Waals surface area contributed by atoms with Gasteiger partial charge in [-0.1, -0.05) is 6.07 Å². The van der Waals surface area contributed by atoms with Gasteiger partial charge in [-0.25, -0.2) is 4.98 Å². The van der Waals surface area contributed by atoms with Crippen molar-refractivity contribution in [1.82, 2.24) is 4.98 Å². The number of rotatable bonds is 2. The first kappa shape index (κ1) is 12.0. The van der Waals surface area contributed by atoms with Gasteiger partial charge in [0.2, 0.25) is 0 Å². The van der Waals surface area contributed by atoms with E-state index in [9.17, 15) is 0 Å². The lowest BCUT2D eigenvalue weighted by Crippen LogP contribution is -1.79. The molecule has 0 spiro atoms. The molecule has 0 bridgehead atoms. The van der Waals surface area contributed by atoms with E-state index < -0.39 is 0 Å². The van der Waals surface area contributed by atoms with Gasteiger partial charge in [-0.05, 0) is 63.1 Å². The van der Waals surface area contributed by atoms with Crippen LogP contribution >= 0.6 is 43.2 Å². The smallest absolute Gasteiger partial charge is 0.113 e. The summed E-state index contributed by atoms with van der Waals surface area (Å²) < 4.78 is 1.94. The van der Waals surface area contributed by atoms with Crippen molar-refractivity contribution in [3.8, 4) is 0 Å². The van der Waals surface area contributed by atoms with Gasteiger partial charge in [0.1, 0.15) is 4.60 Å². The predicted molar refractivity (Wildman–Crippen MR) is 77.8 cm³/mol. The lowest BCUT2D eigenvalue weighted by molar-refractivity contribution is 1.26. The number of hydrogen-bond acceptors (Lipinski definition) is 2. The quantitative estimate of drug-likeness (QED) is 0.680. The zero-order valence-electron chi connectivity index (χ0n) is 8.58. The molecular weight excluding hydrogens is 350 g/mol. The van der Waals surface area contributed by atoms with Crippen LogP contribution in [0.3, 0.4) is 0 Å². The maximum absolute atomic E-state index is 4.19. The lowest BCUT2D eigenvalue weighted by Gasteiger charge is -1.98. The van der Waals surface area contributed by atoms with Crippen molar-refractivity contribution >= 4 is 53.8 Å². The lowest BCUT2D eigenvalue weighted by atomic mass is 10.2. The molecule has 0 radical (unpaired) electrons. The molecule has 2 aromatic heterocycles. The van der Waals surface area contributed by atoms with Crippen molar-refractivity contribution in [1.29, 1.82) is 0 Å². The van der Waals surface area contributed by atoms with E-state index in [1.54, 1.807) is 17.5 Å². The summed E-state index contributed by atoms with van der Waals surface area (Å²) in [6.07, 6.45) is 3.84. The van der Waals surface area contributed by atoms with E-state index in [1.807, 2.05) is 12.1 Å². The van der Waals surface area contributed by atoms with Gasteiger partial charge in [-0.3, -0.25) is 0 Å². The Morgan fingerprint density at radius 3 is 2.81 bits per heavy atom. The topological polar surface area (TPSA) is 12.9 Å². The molecule has 0 atom stereocenters. The highest BCUT2D eigenvalue weighted by Crippen LogP contribution is 2.31. The number of aromatic nitrogens is 1. The molecule has 0 aliphatic rings. The number of aryl methyl sites for hydroxylation is 1. The monoisotopic (exact) mass is 357 g/mol. The first-order valence-corrected chi connectivity index (χ1v) is 7.11. The van der Waals surface area contributed by atoms with Gasteiger partial charge >= 0.3 is 0 Å². The van der Waals surface area contributed by atoms with Gasteiger partial charge < -0.3 is 0 Å². The highest BCUT2D eigenvalue weighted by Gasteiger charge is 2.03. The molecule has 0 fully saturated rings. The van der Waals surface area contributed by atoms with Crippen LogP contribution < -0.4 is 0 Å². The van der Waals surface area contributed by atoms with Crippen molar-refractivity contribution in [3.63, 3.8) is 0 Å². The molecule has 2 heterocycles. The van der Waals surface area contributed by atoms with Crippen molar-refractivity contribution in [2.45, 2.75) is 6.92 Å². The average molecular weight is 359 g/mol. The van der Waals surface area contributed by atoms with Crippen LogP contribution in [0.25, 0.3) is 10.6 Å². The summed E-state index contributed by atoms with van der Waals surface area (Å²) in [5, 5.41) is 0. The Labute approximate surface area is 115 Å². The van der Waals surface area contributed by atoms with E-state index in [0.29, 0.717) is 0 Å². The molecule has 0 N–H and O–H groups in total. The number of hydrogen-bond donors (Lipinski definition) is 0. The molecule has 0 saturated heterocycles. The van der Waals surface area contributed by atoms with Crippen molar-refractivity contribution < 1.29 is 0 Å². The van der Waals surface area contributed by atoms with E-state index in [4.69, 9.17) is 0 Å². The van der Waals surface area contributed by atoms with Crippen LogP contribution in [0.15, 0.2) is 35.1 Å². The molecule has 2 rings (SSSR count). The van der Waals surface area contributed by atoms with Gasteiger partial charge in [-0.15, -0.1) is 11.3 Å². The summed E-state index contributed by atoms with van der Waals surface area (Å²) in [5.41, 5.74) is 1.07. The molecular formula is C12H9Br2NS. The second-order valence-corrected chi connectivity index (χ2v) is 6.18. The summed E-state index contributed by atoms with van der Waals surface area (Å²) in [7, 11) is 0. The summed E-state index contributed by atoms with van der Waals surface area (Å²) in [5.74, 6) is 0. The standard InChI is InChI=1S/C12H9Br2NS/c1-8-4-5-11(16-8)10(13)7-9-3-2-6-15-12(9)14/h2-7H,1H3/b10-7-. The van der Waals surface area contributed by atoms with Crippen LogP contribution in [0.2, 0.25) is 0 Å². The minimum atomic E-state index is 0.861. The van der Waals surface area contributed by atoms with Gasteiger partial charge in [0, 0.05) is 26.0 Å². The van der Waals surface area contributed by atoms with Gasteiger partial charge in [-0.2, -0.15) is 0 Å². The van der Waals surface area contributed by atoms with Crippen LogP contribution in [-0.2, 0) is 0 Å². The number of nitrogens with zero attached hydrogens (tertiary/aromatic N) is 1. The Morgan fingerprint density at radius 2 is 2.19 bits per heavy atom. The Kier molecular flexibility index (Phi) is 3.95. The molecule has 16 heavy (non-hydrogen) atoms. The van der Waals surface area contributed by atoms with E-state index in [2.05, 4.69) is 62.0 Å². The van der Waals surface area contributed by atoms with Crippen molar-refractivity contribution in [2.24, 2.45) is 0 Å². The molecule has 0 saturated carbocycles. The average Bonchev–Trinajstić information content (AvgIpc) is 2.68. The molecule has 0 amide bonds. The zero-order chi connectivity index (χ0) is 11.5. The third-order valence-corrected chi connectivity index (χ3v) is 4.66. The first-order chi connectivity index (χ1) is 7.66. The van der Waals surface area contributed by atoms with Gasteiger partial charge in [0.15, 0.2) is 0 Å². The maximum Gasteiger partial charge on any atom is 0.113 e. The highest BCUT2D eigenvalue weighted by atomic mass is 79.9. The summed E-state index contributed by atoms with van der Waals surface area (Å²) >= 11 is 8.79. The highest BCUT2D eigenvalue weighted by molar-refractivity contribution is 9.15. The summed E-state index contributed by atoms with van der Waals surface area (Å²) in [6.45, 7) is 2.11. The number of thiophene rings is 1. The fourth-order valence-electron chi connectivity index (χ4n) is 1.28. The van der Waals surface area contributed by atoms with Gasteiger partial charge in [0.25, 0.3) is 0 Å². The minimum absolute atomic E-state index is 0.861. The van der Waals surface area contributed by atoms with Crippen LogP contribution in [-0.4, -0.2) is 4.98 Å². The van der Waals surface area contributed by atoms with E-state index in [0.717, 1.165) is 14.6 Å². The number of halogens is 2. The first-order valence-electron chi connectivity index (χ1n) is 4.71. The zero-order valence-corrected chi connectivity index (χ0v) is 12.6. The fourth-order valence-corrected chi connectivity index (χ4v) is 3.04. The fraction of sp³-hybridized carbons (Fsp3) is 0.0833. The maximum atomic E-state index is 4.19. The molecule has 4 heteroatoms. The Morgan fingerprint density at radius 1 is 1.38 bits per heavy atom. The van der Waals surface area contributed by atoms with Crippen LogP contribution in [0.1, 0.15) is 15.3 Å². The number of pyridine rings is 1. The van der Waals surface area contributed by atoms with Crippen molar-refractivity contribution in [2.75, 3.05) is 0 Å². The van der Waals surface area contributed by atoms with E-state index in [-0.39, 0.29) is 0 Å². The molecule has 0 aliphatic carbocycles. The summed E-state index contributed by atoms with van der Waals surface area (Å²) in [6, 6.07) is 8.19. The largest absolute Gasteiger partial charge is 0.249 e. The van der Waals surface area contributed by atoms with E-state index in [1.165, 1.54) is 9.75 Å². The molecule has 0 aliphatic heterocycles. The molecule has 0 aromatic carbocycles. The van der Waals surface area contributed by atoms with Crippen molar-refractivity contribution in [3.05, 3.63) is 50.4 Å².